The van der Waals surface area contributed by atoms with Crippen LogP contribution in [-0.2, 0) is 29.4 Å². The zero-order chi connectivity index (χ0) is 48.5. The Hall–Kier alpha value is -5.83. The first-order valence-electron chi connectivity index (χ1n) is 27.1. The van der Waals surface area contributed by atoms with Gasteiger partial charge in [0, 0.05) is 85.7 Å². The van der Waals surface area contributed by atoms with Crippen LogP contribution in [-0.4, -0.2) is 122 Å². The van der Waals surface area contributed by atoms with Gasteiger partial charge in [-0.2, -0.15) is 0 Å². The smallest absolute Gasteiger partial charge is 0.238 e. The summed E-state index contributed by atoms with van der Waals surface area (Å²) in [7, 11) is 0. The minimum atomic E-state index is -0.683. The van der Waals surface area contributed by atoms with Gasteiger partial charge in [0.2, 0.25) is 29.5 Å². The molecule has 15 heteroatoms. The molecule has 7 heterocycles. The number of nitrogens with zero attached hydrogens (tertiary/aromatic N) is 7. The zero-order valence-electron chi connectivity index (χ0n) is 41.5. The highest BCUT2D eigenvalue weighted by Gasteiger charge is 2.56. The third-order valence-electron chi connectivity index (χ3n) is 17.9. The van der Waals surface area contributed by atoms with Crippen molar-refractivity contribution in [3.05, 3.63) is 66.0 Å². The average molecular weight is 963 g/mol. The Morgan fingerprint density at radius 3 is 2.18 bits per heavy atom. The third kappa shape index (κ3) is 8.67. The van der Waals surface area contributed by atoms with Gasteiger partial charge in [0.25, 0.3) is 0 Å². The molecule has 71 heavy (non-hydrogen) atoms. The Morgan fingerprint density at radius 1 is 0.746 bits per heavy atom. The number of rotatable bonds is 11. The monoisotopic (exact) mass is 963 g/mol. The summed E-state index contributed by atoms with van der Waals surface area (Å²) in [6, 6.07) is 18.2. The van der Waals surface area contributed by atoms with E-state index >= 15 is 4.79 Å². The topological polar surface area (TPSA) is 165 Å². The molecule has 1 spiro atoms. The quantitative estimate of drug-likeness (QED) is 0.128. The van der Waals surface area contributed by atoms with E-state index in [2.05, 4.69) is 68.4 Å². The summed E-state index contributed by atoms with van der Waals surface area (Å²) >= 11 is 0. The second-order valence-electron chi connectivity index (χ2n) is 22.7. The molecule has 3 aliphatic carbocycles. The second-order valence-corrected chi connectivity index (χ2v) is 22.7. The van der Waals surface area contributed by atoms with Crippen molar-refractivity contribution in [1.29, 1.82) is 0 Å². The highest BCUT2D eigenvalue weighted by Crippen LogP contribution is 2.52. The first-order valence-corrected chi connectivity index (χ1v) is 27.1. The Labute approximate surface area is 416 Å². The second kappa shape index (κ2) is 18.7. The lowest BCUT2D eigenvalue weighted by atomic mass is 9.73. The minimum absolute atomic E-state index is 0.0435. The summed E-state index contributed by atoms with van der Waals surface area (Å²) in [4.78, 5) is 86.3. The van der Waals surface area contributed by atoms with Gasteiger partial charge in [-0.15, -0.1) is 0 Å². The average Bonchev–Trinajstić information content (AvgIpc) is 3.76. The summed E-state index contributed by atoms with van der Waals surface area (Å²) in [5.74, 6) is 0.346. The molecule has 3 N–H and O–H groups in total. The molecule has 1 unspecified atom stereocenters. The minimum Gasteiger partial charge on any atom is -0.382 e. The fraction of sp³-hybridized carbons (Fsp3) is 0.589. The first-order chi connectivity index (χ1) is 34.5. The molecule has 374 valence electrons. The molecule has 7 fully saturated rings. The van der Waals surface area contributed by atoms with E-state index in [9.17, 15) is 19.2 Å². The van der Waals surface area contributed by atoms with E-state index in [1.165, 1.54) is 19.3 Å². The van der Waals surface area contributed by atoms with Gasteiger partial charge in [0.15, 0.2) is 5.82 Å². The van der Waals surface area contributed by atoms with Crippen LogP contribution >= 0.6 is 0 Å². The van der Waals surface area contributed by atoms with Crippen molar-refractivity contribution < 1.29 is 24.0 Å². The molecule has 3 saturated carbocycles. The van der Waals surface area contributed by atoms with Gasteiger partial charge in [0.1, 0.15) is 5.52 Å². The number of hydrogen-bond acceptors (Lipinski definition) is 10. The molecular formula is C56H70N10O5. The van der Waals surface area contributed by atoms with Crippen molar-refractivity contribution in [2.45, 2.75) is 158 Å². The fourth-order valence-corrected chi connectivity index (χ4v) is 13.4. The highest BCUT2D eigenvalue weighted by atomic mass is 16.2. The Bertz CT molecular complexity index is 2720. The predicted octanol–water partition coefficient (Wildman–Crippen LogP) is 7.52. The normalized spacial score (nSPS) is 27.8. The van der Waals surface area contributed by atoms with Crippen LogP contribution in [0.4, 0.5) is 17.2 Å². The van der Waals surface area contributed by atoms with Crippen LogP contribution in [0, 0.1) is 11.8 Å². The number of anilines is 3. The molecule has 2 aromatic carbocycles. The highest BCUT2D eigenvalue weighted by molar-refractivity contribution is 6.09. The van der Waals surface area contributed by atoms with Crippen LogP contribution in [0.1, 0.15) is 140 Å². The van der Waals surface area contributed by atoms with Crippen LogP contribution in [0.2, 0.25) is 0 Å². The number of amides is 5. The van der Waals surface area contributed by atoms with E-state index in [0.29, 0.717) is 70.4 Å². The number of likely N-dealkylation sites (tertiary alicyclic amines) is 3. The van der Waals surface area contributed by atoms with Crippen LogP contribution in [0.25, 0.3) is 22.3 Å². The van der Waals surface area contributed by atoms with Gasteiger partial charge in [-0.05, 0) is 152 Å². The number of piperidine rings is 3. The van der Waals surface area contributed by atoms with Crippen molar-refractivity contribution in [3.63, 3.8) is 0 Å². The van der Waals surface area contributed by atoms with Gasteiger partial charge in [0.05, 0.1) is 34.8 Å². The number of carbonyl (C=O) groups is 5. The van der Waals surface area contributed by atoms with Gasteiger partial charge in [-0.3, -0.25) is 29.3 Å². The van der Waals surface area contributed by atoms with E-state index in [-0.39, 0.29) is 65.4 Å². The first kappa shape index (κ1) is 46.3. The molecular weight excluding hydrogens is 893 g/mol. The summed E-state index contributed by atoms with van der Waals surface area (Å²) in [6.07, 6.45) is 16.1. The van der Waals surface area contributed by atoms with Crippen molar-refractivity contribution in [1.82, 2.24) is 34.6 Å². The van der Waals surface area contributed by atoms with Gasteiger partial charge in [-0.25, -0.2) is 9.97 Å². The molecule has 12 rings (SSSR count). The fourth-order valence-electron chi connectivity index (χ4n) is 13.4. The number of aromatic nitrogens is 3. The van der Waals surface area contributed by atoms with E-state index < -0.39 is 5.41 Å². The molecule has 0 radical (unpaired) electrons. The molecule has 15 nitrogen and oxygen atoms in total. The molecule has 5 aliphatic heterocycles. The summed E-state index contributed by atoms with van der Waals surface area (Å²) in [5.41, 5.74) is 7.10. The van der Waals surface area contributed by atoms with Crippen molar-refractivity contribution >= 4 is 57.8 Å². The largest absolute Gasteiger partial charge is 0.382 e. The predicted molar refractivity (Wildman–Crippen MR) is 273 cm³/mol. The van der Waals surface area contributed by atoms with Gasteiger partial charge < -0.3 is 34.8 Å². The van der Waals surface area contributed by atoms with E-state index in [1.807, 2.05) is 40.4 Å². The van der Waals surface area contributed by atoms with Crippen molar-refractivity contribution in [3.8, 4) is 11.3 Å². The lowest BCUT2D eigenvalue weighted by molar-refractivity contribution is -0.140. The maximum atomic E-state index is 15.2. The third-order valence-corrected chi connectivity index (χ3v) is 17.9. The summed E-state index contributed by atoms with van der Waals surface area (Å²) in [6.45, 7) is 8.76. The molecule has 4 aromatic rings. The Morgan fingerprint density at radius 2 is 1.46 bits per heavy atom. The van der Waals surface area contributed by atoms with Crippen LogP contribution in [0.5, 0.6) is 0 Å². The SMILES string of the molecule is CC(C)n1cnc2cc(-c3ccc4c(c3)N([C@H]3C[C@@H](N5CCCCC5)C3)C(=O)C43CCN(C(=O)[C@@H]4CCN(C(=O)[C@H]5CC[C@H](Nc6ccc(C7CCC(=O)NC7=O)cc6)CC5)C4)CC3)nc(NC3CC3)c21. The van der Waals surface area contributed by atoms with Crippen LogP contribution in [0.15, 0.2) is 54.9 Å². The number of imidazole rings is 1. The molecule has 5 amide bonds. The number of hydrogen-bond donors (Lipinski definition) is 3. The number of benzene rings is 2. The maximum absolute atomic E-state index is 15.2. The van der Waals surface area contributed by atoms with Gasteiger partial charge >= 0.3 is 0 Å². The Balaban J connectivity index is 0.697. The standard InChI is InChI=1S/C56H70N10O5/c1-34(2)65-33-57-47-31-46(60-51(50(47)65)59-41-15-16-41)37-10-18-45-48(28-37)66(43-29-42(30-43)62-23-4-3-5-24-62)55(71)56(45)21-26-63(27-22-56)54(70)38-20-25-64(32-38)53(69)36-8-13-40(14-9-36)58-39-11-6-35(7-12-39)44-17-19-49(67)61-52(44)68/h6-7,10-12,18,28,31,33-34,36,38,40-44,58H,3-5,8-9,13-17,19-27,29-30,32H2,1-2H3,(H,59,60)(H,61,67,68)/t36-,38-,40-,42-,43+,44?/m1/s1. The zero-order valence-corrected chi connectivity index (χ0v) is 41.5. The number of imide groups is 1. The molecule has 2 atom stereocenters. The summed E-state index contributed by atoms with van der Waals surface area (Å²) in [5, 5.41) is 9.79. The summed E-state index contributed by atoms with van der Waals surface area (Å²) < 4.78 is 2.20. The molecule has 2 aromatic heterocycles. The number of carbonyl (C=O) groups excluding carboxylic acids is 5. The van der Waals surface area contributed by atoms with Crippen LogP contribution < -0.4 is 20.9 Å². The van der Waals surface area contributed by atoms with E-state index in [0.717, 1.165) is 115 Å². The van der Waals surface area contributed by atoms with Crippen molar-refractivity contribution in [2.24, 2.45) is 11.8 Å². The van der Waals surface area contributed by atoms with E-state index in [4.69, 9.17) is 9.97 Å². The number of fused-ring (bicyclic) bond motifs is 3. The molecule has 4 saturated heterocycles. The lowest BCUT2D eigenvalue weighted by Crippen LogP contribution is -2.58. The van der Waals surface area contributed by atoms with Crippen molar-refractivity contribution in [2.75, 3.05) is 54.8 Å². The molecule has 0 bridgehead atoms. The Kier molecular flexibility index (Phi) is 12.2. The van der Waals surface area contributed by atoms with E-state index in [1.54, 1.807) is 0 Å². The molecule has 8 aliphatic rings. The number of nitrogens with one attached hydrogen (secondary N) is 3. The van der Waals surface area contributed by atoms with Gasteiger partial charge in [-0.1, -0.05) is 30.7 Å². The maximum Gasteiger partial charge on any atom is 0.238 e. The van der Waals surface area contributed by atoms with Crippen LogP contribution in [0.3, 0.4) is 0 Å². The number of pyridine rings is 1. The lowest BCUT2D eigenvalue weighted by Gasteiger charge is -2.48.